The number of hydrogen-bond donors (Lipinski definition) is 1. The Morgan fingerprint density at radius 3 is 2.12 bits per heavy atom. The summed E-state index contributed by atoms with van der Waals surface area (Å²) in [5.74, 6) is -1.62. The van der Waals surface area contributed by atoms with Crippen molar-refractivity contribution in [3.63, 3.8) is 0 Å². The third-order valence-corrected chi connectivity index (χ3v) is 5.54. The lowest BCUT2D eigenvalue weighted by atomic mass is 10.3. The average Bonchev–Trinajstić information content (AvgIpc) is 2.78. The number of benzene rings is 1. The Morgan fingerprint density at radius 2 is 1.58 bits per heavy atom. The summed E-state index contributed by atoms with van der Waals surface area (Å²) >= 11 is 11.4. The predicted octanol–water partition coefficient (Wildman–Crippen LogP) is 2.15. The SMILES string of the molecule is Cc1ccnc(NS(=O)(=O)c2ccc(N3C(=O)C(Cl)=C(Cl)C3=O)cc2)n1. The minimum Gasteiger partial charge on any atom is -0.267 e. The molecule has 0 saturated carbocycles. The van der Waals surface area contributed by atoms with Crippen molar-refractivity contribution in [3.05, 3.63) is 52.3 Å². The Bertz CT molecular complexity index is 1030. The van der Waals surface area contributed by atoms with E-state index in [1.807, 2.05) is 0 Å². The van der Waals surface area contributed by atoms with Crippen molar-refractivity contribution in [3.8, 4) is 0 Å². The Kier molecular flexibility index (Phi) is 4.70. The Hall–Kier alpha value is -2.49. The Labute approximate surface area is 158 Å². The molecule has 26 heavy (non-hydrogen) atoms. The van der Waals surface area contributed by atoms with Gasteiger partial charge in [-0.25, -0.2) is 28.0 Å². The molecule has 0 spiro atoms. The monoisotopic (exact) mass is 412 g/mol. The number of nitrogens with zero attached hydrogens (tertiary/aromatic N) is 3. The van der Waals surface area contributed by atoms with Crippen molar-refractivity contribution in [1.29, 1.82) is 0 Å². The standard InChI is InChI=1S/C15H10Cl2N4O4S/c1-8-6-7-18-15(19-8)20-26(24,25)10-4-2-9(3-5-10)21-13(22)11(16)12(17)14(21)23/h2-7H,1H3,(H,18,19,20). The van der Waals surface area contributed by atoms with Gasteiger partial charge in [0.15, 0.2) is 0 Å². The van der Waals surface area contributed by atoms with E-state index in [1.54, 1.807) is 13.0 Å². The molecule has 3 rings (SSSR count). The molecular formula is C15H10Cl2N4O4S. The van der Waals surface area contributed by atoms with Crippen LogP contribution in [0.15, 0.2) is 51.5 Å². The number of aryl methyl sites for hydroxylation is 1. The molecule has 11 heteroatoms. The van der Waals surface area contributed by atoms with Crippen LogP contribution >= 0.6 is 23.2 Å². The van der Waals surface area contributed by atoms with Crippen molar-refractivity contribution < 1.29 is 18.0 Å². The molecule has 0 aliphatic carbocycles. The normalized spacial score (nSPS) is 15.0. The van der Waals surface area contributed by atoms with Gasteiger partial charge in [-0.1, -0.05) is 23.2 Å². The van der Waals surface area contributed by atoms with Crippen molar-refractivity contribution in [2.75, 3.05) is 9.62 Å². The molecular weight excluding hydrogens is 403 g/mol. The van der Waals surface area contributed by atoms with Gasteiger partial charge in [-0.15, -0.1) is 0 Å². The van der Waals surface area contributed by atoms with E-state index >= 15 is 0 Å². The van der Waals surface area contributed by atoms with Gasteiger partial charge in [0, 0.05) is 11.9 Å². The van der Waals surface area contributed by atoms with Crippen LogP contribution in [0.4, 0.5) is 11.6 Å². The van der Waals surface area contributed by atoms with Gasteiger partial charge >= 0.3 is 0 Å². The highest BCUT2D eigenvalue weighted by Gasteiger charge is 2.37. The quantitative estimate of drug-likeness (QED) is 0.770. The molecule has 2 aromatic rings. The van der Waals surface area contributed by atoms with Gasteiger partial charge < -0.3 is 0 Å². The first-order valence-electron chi connectivity index (χ1n) is 7.07. The zero-order valence-corrected chi connectivity index (χ0v) is 15.4. The minimum atomic E-state index is -3.94. The molecule has 0 radical (unpaired) electrons. The molecule has 2 amide bonds. The second-order valence-corrected chi connectivity index (χ2v) is 7.63. The summed E-state index contributed by atoms with van der Waals surface area (Å²) in [7, 11) is -3.94. The average molecular weight is 413 g/mol. The summed E-state index contributed by atoms with van der Waals surface area (Å²) in [5, 5.41) is -0.766. The second-order valence-electron chi connectivity index (χ2n) is 5.19. The van der Waals surface area contributed by atoms with E-state index in [2.05, 4.69) is 14.7 Å². The number of halogens is 2. The number of nitrogens with one attached hydrogen (secondary N) is 1. The summed E-state index contributed by atoms with van der Waals surface area (Å²) in [6.07, 6.45) is 1.42. The van der Waals surface area contributed by atoms with E-state index in [0.29, 0.717) is 5.69 Å². The van der Waals surface area contributed by atoms with Gasteiger partial charge in [0.25, 0.3) is 21.8 Å². The summed E-state index contributed by atoms with van der Waals surface area (Å²) in [6.45, 7) is 1.70. The molecule has 1 aliphatic heterocycles. The summed E-state index contributed by atoms with van der Waals surface area (Å²) in [6, 6.07) is 6.67. The predicted molar refractivity (Wildman–Crippen MR) is 95.2 cm³/mol. The van der Waals surface area contributed by atoms with E-state index in [0.717, 1.165) is 4.90 Å². The lowest BCUT2D eigenvalue weighted by Gasteiger charge is -2.14. The number of anilines is 2. The molecule has 0 saturated heterocycles. The number of sulfonamides is 1. The van der Waals surface area contributed by atoms with Crippen LogP contribution in [-0.2, 0) is 19.6 Å². The molecule has 1 aliphatic rings. The van der Waals surface area contributed by atoms with E-state index in [-0.39, 0.29) is 26.6 Å². The van der Waals surface area contributed by atoms with Crippen LogP contribution in [0.25, 0.3) is 0 Å². The number of amides is 2. The van der Waals surface area contributed by atoms with E-state index in [1.165, 1.54) is 30.5 Å². The molecule has 1 aromatic heterocycles. The minimum absolute atomic E-state index is 0.0678. The van der Waals surface area contributed by atoms with Crippen molar-refractivity contribution >= 4 is 56.7 Å². The maximum absolute atomic E-state index is 12.4. The molecule has 134 valence electrons. The van der Waals surface area contributed by atoms with Crippen LogP contribution in [0.1, 0.15) is 5.69 Å². The van der Waals surface area contributed by atoms with E-state index in [9.17, 15) is 18.0 Å². The molecule has 8 nitrogen and oxygen atoms in total. The van der Waals surface area contributed by atoms with Crippen molar-refractivity contribution in [1.82, 2.24) is 9.97 Å². The van der Waals surface area contributed by atoms with Gasteiger partial charge in [-0.3, -0.25) is 9.59 Å². The first kappa shape index (κ1) is 18.3. The van der Waals surface area contributed by atoms with Crippen LogP contribution in [-0.4, -0.2) is 30.2 Å². The molecule has 0 bridgehead atoms. The summed E-state index contributed by atoms with van der Waals surface area (Å²) < 4.78 is 27.0. The Morgan fingerprint density at radius 1 is 1.00 bits per heavy atom. The molecule has 1 aromatic carbocycles. The molecule has 0 atom stereocenters. The lowest BCUT2D eigenvalue weighted by Crippen LogP contribution is -2.30. The fraction of sp³-hybridized carbons (Fsp3) is 0.0667. The largest absolute Gasteiger partial charge is 0.278 e. The van der Waals surface area contributed by atoms with Crippen molar-refractivity contribution in [2.45, 2.75) is 11.8 Å². The number of imide groups is 1. The smallest absolute Gasteiger partial charge is 0.267 e. The first-order chi connectivity index (χ1) is 12.2. The highest BCUT2D eigenvalue weighted by molar-refractivity contribution is 7.92. The summed E-state index contributed by atoms with van der Waals surface area (Å²) in [5.41, 5.74) is 0.736. The van der Waals surface area contributed by atoms with Gasteiger partial charge in [-0.05, 0) is 37.3 Å². The van der Waals surface area contributed by atoms with Crippen LogP contribution < -0.4 is 9.62 Å². The number of carbonyl (C=O) groups excluding carboxylic acids is 2. The summed E-state index contributed by atoms with van der Waals surface area (Å²) in [4.78, 5) is 32.4. The lowest BCUT2D eigenvalue weighted by molar-refractivity contribution is -0.120. The fourth-order valence-corrected chi connectivity index (χ4v) is 3.44. The van der Waals surface area contributed by atoms with Crippen LogP contribution in [0.2, 0.25) is 0 Å². The molecule has 2 heterocycles. The molecule has 1 N–H and O–H groups in total. The zero-order chi connectivity index (χ0) is 19.1. The van der Waals surface area contributed by atoms with Crippen LogP contribution in [0, 0.1) is 6.92 Å². The molecule has 0 fully saturated rings. The van der Waals surface area contributed by atoms with E-state index < -0.39 is 21.8 Å². The van der Waals surface area contributed by atoms with Gasteiger partial charge in [0.05, 0.1) is 10.6 Å². The topological polar surface area (TPSA) is 109 Å². The maximum atomic E-state index is 12.4. The number of hydrogen-bond acceptors (Lipinski definition) is 6. The zero-order valence-electron chi connectivity index (χ0n) is 13.1. The van der Waals surface area contributed by atoms with Crippen LogP contribution in [0.3, 0.4) is 0 Å². The molecule has 0 unspecified atom stereocenters. The third-order valence-electron chi connectivity index (χ3n) is 3.40. The second kappa shape index (κ2) is 6.67. The van der Waals surface area contributed by atoms with Crippen molar-refractivity contribution in [2.24, 2.45) is 0 Å². The third kappa shape index (κ3) is 3.28. The number of carbonyl (C=O) groups is 2. The van der Waals surface area contributed by atoms with Gasteiger partial charge in [0.1, 0.15) is 10.1 Å². The van der Waals surface area contributed by atoms with Gasteiger partial charge in [0.2, 0.25) is 5.95 Å². The highest BCUT2D eigenvalue weighted by Crippen LogP contribution is 2.31. The van der Waals surface area contributed by atoms with Gasteiger partial charge in [-0.2, -0.15) is 0 Å². The number of rotatable bonds is 4. The highest BCUT2D eigenvalue weighted by atomic mass is 35.5. The first-order valence-corrected chi connectivity index (χ1v) is 9.31. The fourth-order valence-electron chi connectivity index (χ4n) is 2.16. The van der Waals surface area contributed by atoms with E-state index in [4.69, 9.17) is 23.2 Å². The number of aromatic nitrogens is 2. The Balaban J connectivity index is 1.86. The van der Waals surface area contributed by atoms with Crippen LogP contribution in [0.5, 0.6) is 0 Å². The maximum Gasteiger partial charge on any atom is 0.278 e.